The minimum atomic E-state index is -0.597. The van der Waals surface area contributed by atoms with Gasteiger partial charge < -0.3 is 24.9 Å². The number of anilines is 1. The molecule has 130 valence electrons. The van der Waals surface area contributed by atoms with Gasteiger partial charge in [-0.05, 0) is 25.1 Å². The molecule has 0 aliphatic carbocycles. The Morgan fingerprint density at radius 3 is 2.83 bits per heavy atom. The highest BCUT2D eigenvalue weighted by molar-refractivity contribution is 6.36. The maximum Gasteiger partial charge on any atom is 0.346 e. The van der Waals surface area contributed by atoms with Gasteiger partial charge in [-0.1, -0.05) is 17.7 Å². The molecule has 0 aliphatic rings. The van der Waals surface area contributed by atoms with E-state index in [1.807, 2.05) is 0 Å². The van der Waals surface area contributed by atoms with Crippen molar-refractivity contribution in [2.75, 3.05) is 32.2 Å². The molecule has 7 nitrogen and oxygen atoms in total. The summed E-state index contributed by atoms with van der Waals surface area (Å²) in [5.41, 5.74) is 5.26. The molecular weight excluding hydrogens is 336 g/mol. The fourth-order valence-electron chi connectivity index (χ4n) is 2.07. The highest BCUT2D eigenvalue weighted by atomic mass is 35.5. The molecule has 8 heteroatoms. The van der Waals surface area contributed by atoms with E-state index in [0.29, 0.717) is 37.1 Å². The average molecular weight is 355 g/mol. The van der Waals surface area contributed by atoms with Gasteiger partial charge in [0.25, 0.3) is 0 Å². The minimum Gasteiger partial charge on any atom is -0.462 e. The molecule has 0 fully saturated rings. The van der Waals surface area contributed by atoms with E-state index in [9.17, 15) is 9.59 Å². The molecule has 0 radical (unpaired) electrons. The molecule has 0 saturated carbocycles. The first kappa shape index (κ1) is 18.3. The van der Waals surface area contributed by atoms with Crippen LogP contribution < -0.4 is 21.4 Å². The van der Waals surface area contributed by atoms with Crippen LogP contribution in [-0.2, 0) is 9.53 Å². The van der Waals surface area contributed by atoms with Gasteiger partial charge in [-0.25, -0.2) is 4.79 Å². The van der Waals surface area contributed by atoms with Gasteiger partial charge in [0.2, 0.25) is 5.91 Å². The lowest BCUT2D eigenvalue weighted by atomic mass is 10.1. The number of hydrogen-bond acceptors (Lipinski definition) is 6. The third kappa shape index (κ3) is 4.47. The van der Waals surface area contributed by atoms with Crippen LogP contribution in [0.2, 0.25) is 5.02 Å². The summed E-state index contributed by atoms with van der Waals surface area (Å²) in [5.74, 6) is -0.222. The van der Waals surface area contributed by atoms with Crippen LogP contribution in [0, 0.1) is 0 Å². The Bertz CT molecular complexity index is 775. The first-order valence-corrected chi connectivity index (χ1v) is 7.82. The summed E-state index contributed by atoms with van der Waals surface area (Å²) >= 11 is 6.22. The standard InChI is InChI=1S/C16H19ClN2O5/c1-22-7-8-23-16-14(17)11-5-4-10(9-12(11)15(21)24-16)19-13(20)3-2-6-18/h4-5,9H,2-3,6-8,18H2,1H3,(H,19,20). The first-order valence-electron chi connectivity index (χ1n) is 7.45. The Hall–Kier alpha value is -2.09. The van der Waals surface area contributed by atoms with Crippen LogP contribution >= 0.6 is 11.6 Å². The van der Waals surface area contributed by atoms with Gasteiger partial charge in [-0.15, -0.1) is 0 Å². The molecule has 1 aromatic carbocycles. The molecule has 2 rings (SSSR count). The second kappa shape index (κ2) is 8.68. The summed E-state index contributed by atoms with van der Waals surface area (Å²) in [5, 5.41) is 3.65. The minimum absolute atomic E-state index is 0.0500. The normalized spacial score (nSPS) is 10.8. The molecule has 0 spiro atoms. The van der Waals surface area contributed by atoms with Gasteiger partial charge >= 0.3 is 11.6 Å². The van der Waals surface area contributed by atoms with E-state index in [4.69, 9.17) is 31.2 Å². The van der Waals surface area contributed by atoms with Crippen LogP contribution in [0.1, 0.15) is 12.8 Å². The van der Waals surface area contributed by atoms with Crippen molar-refractivity contribution in [3.05, 3.63) is 33.6 Å². The van der Waals surface area contributed by atoms with Crippen LogP contribution in [0.3, 0.4) is 0 Å². The molecule has 0 unspecified atom stereocenters. The van der Waals surface area contributed by atoms with Gasteiger partial charge in [0.05, 0.1) is 12.0 Å². The second-order valence-corrected chi connectivity index (χ2v) is 5.41. The van der Waals surface area contributed by atoms with Gasteiger partial charge in [-0.2, -0.15) is 0 Å². The van der Waals surface area contributed by atoms with Crippen molar-refractivity contribution in [2.24, 2.45) is 5.73 Å². The Labute approximate surface area is 143 Å². The zero-order valence-electron chi connectivity index (χ0n) is 13.3. The van der Waals surface area contributed by atoms with E-state index in [1.54, 1.807) is 12.1 Å². The average Bonchev–Trinajstić information content (AvgIpc) is 2.57. The lowest BCUT2D eigenvalue weighted by Crippen LogP contribution is -2.14. The van der Waals surface area contributed by atoms with Crippen LogP contribution in [0.4, 0.5) is 5.69 Å². The predicted octanol–water partition coefficient (Wildman–Crippen LogP) is 2.15. The molecule has 24 heavy (non-hydrogen) atoms. The third-order valence-electron chi connectivity index (χ3n) is 3.25. The van der Waals surface area contributed by atoms with E-state index in [2.05, 4.69) is 5.32 Å². The molecule has 0 bridgehead atoms. The van der Waals surface area contributed by atoms with Gasteiger partial charge in [0.15, 0.2) is 0 Å². The molecule has 1 amide bonds. The van der Waals surface area contributed by atoms with E-state index >= 15 is 0 Å². The number of nitrogens with one attached hydrogen (secondary N) is 1. The Morgan fingerprint density at radius 2 is 2.12 bits per heavy atom. The predicted molar refractivity (Wildman–Crippen MR) is 91.8 cm³/mol. The lowest BCUT2D eigenvalue weighted by Gasteiger charge is -2.09. The van der Waals surface area contributed by atoms with E-state index in [0.717, 1.165) is 0 Å². The van der Waals surface area contributed by atoms with Gasteiger partial charge in [0.1, 0.15) is 11.6 Å². The van der Waals surface area contributed by atoms with Crippen LogP contribution in [0.15, 0.2) is 27.4 Å². The molecule has 1 heterocycles. The van der Waals surface area contributed by atoms with Crippen molar-refractivity contribution in [3.63, 3.8) is 0 Å². The largest absolute Gasteiger partial charge is 0.462 e. The number of carbonyl (C=O) groups excluding carboxylic acids is 1. The summed E-state index contributed by atoms with van der Waals surface area (Å²) in [4.78, 5) is 23.9. The summed E-state index contributed by atoms with van der Waals surface area (Å²) in [7, 11) is 1.53. The van der Waals surface area contributed by atoms with Crippen molar-refractivity contribution in [1.29, 1.82) is 0 Å². The second-order valence-electron chi connectivity index (χ2n) is 5.03. The van der Waals surface area contributed by atoms with E-state index in [-0.39, 0.29) is 28.9 Å². The number of methoxy groups -OCH3 is 1. The topological polar surface area (TPSA) is 104 Å². The van der Waals surface area contributed by atoms with Crippen LogP contribution in [-0.4, -0.2) is 32.8 Å². The number of ether oxygens (including phenoxy) is 2. The number of nitrogens with two attached hydrogens (primary N) is 1. The first-order chi connectivity index (χ1) is 11.6. The molecular formula is C16H19ClN2O5. The quantitative estimate of drug-likeness (QED) is 0.704. The highest BCUT2D eigenvalue weighted by Crippen LogP contribution is 2.31. The molecule has 0 saturated heterocycles. The number of benzene rings is 1. The van der Waals surface area contributed by atoms with Crippen LogP contribution in [0.25, 0.3) is 10.8 Å². The van der Waals surface area contributed by atoms with Crippen molar-refractivity contribution >= 4 is 34.0 Å². The number of hydrogen-bond donors (Lipinski definition) is 2. The highest BCUT2D eigenvalue weighted by Gasteiger charge is 2.14. The summed E-state index contributed by atoms with van der Waals surface area (Å²) in [6.07, 6.45) is 0.908. The summed E-state index contributed by atoms with van der Waals surface area (Å²) in [6.45, 7) is 0.988. The molecule has 0 atom stereocenters. The van der Waals surface area contributed by atoms with Gasteiger partial charge in [-0.3, -0.25) is 4.79 Å². The molecule has 2 aromatic rings. The fraction of sp³-hybridized carbons (Fsp3) is 0.375. The maximum absolute atomic E-state index is 12.1. The van der Waals surface area contributed by atoms with Crippen molar-refractivity contribution in [3.8, 4) is 5.95 Å². The third-order valence-corrected chi connectivity index (χ3v) is 3.61. The van der Waals surface area contributed by atoms with Crippen molar-refractivity contribution in [2.45, 2.75) is 12.8 Å². The number of halogens is 1. The van der Waals surface area contributed by atoms with E-state index in [1.165, 1.54) is 13.2 Å². The Balaban J connectivity index is 2.26. The SMILES string of the molecule is COCCOc1oc(=O)c2cc(NC(=O)CCCN)ccc2c1Cl. The number of fused-ring (bicyclic) bond motifs is 1. The fourth-order valence-corrected chi connectivity index (χ4v) is 2.33. The van der Waals surface area contributed by atoms with Gasteiger partial charge in [0, 0.05) is 24.6 Å². The number of carbonyl (C=O) groups is 1. The van der Waals surface area contributed by atoms with Crippen molar-refractivity contribution in [1.82, 2.24) is 0 Å². The zero-order valence-corrected chi connectivity index (χ0v) is 14.0. The lowest BCUT2D eigenvalue weighted by molar-refractivity contribution is -0.116. The molecule has 0 aliphatic heterocycles. The van der Waals surface area contributed by atoms with Crippen LogP contribution in [0.5, 0.6) is 5.95 Å². The van der Waals surface area contributed by atoms with Crippen molar-refractivity contribution < 1.29 is 18.7 Å². The monoisotopic (exact) mass is 354 g/mol. The summed E-state index contributed by atoms with van der Waals surface area (Å²) in [6, 6.07) is 4.82. The maximum atomic E-state index is 12.1. The molecule has 1 aromatic heterocycles. The smallest absolute Gasteiger partial charge is 0.346 e. The molecule has 3 N–H and O–H groups in total. The summed E-state index contributed by atoms with van der Waals surface area (Å²) < 4.78 is 15.3. The Kier molecular flexibility index (Phi) is 6.60. The number of rotatable bonds is 8. The van der Waals surface area contributed by atoms with E-state index < -0.39 is 5.63 Å². The Morgan fingerprint density at radius 1 is 1.33 bits per heavy atom. The number of amides is 1. The zero-order chi connectivity index (χ0) is 17.5.